The van der Waals surface area contributed by atoms with Crippen molar-refractivity contribution in [1.29, 1.82) is 0 Å². The number of fused-ring (bicyclic) bond motifs is 2. The van der Waals surface area contributed by atoms with Crippen molar-refractivity contribution in [2.45, 2.75) is 39.5 Å². The van der Waals surface area contributed by atoms with E-state index in [1.165, 1.54) is 16.0 Å². The van der Waals surface area contributed by atoms with Gasteiger partial charge in [0.05, 0.1) is 46.9 Å². The molecule has 6 heteroatoms. The maximum Gasteiger partial charge on any atom is 0.336 e. The molecule has 2 aromatic heterocycles. The van der Waals surface area contributed by atoms with Gasteiger partial charge in [0.2, 0.25) is 0 Å². The highest BCUT2D eigenvalue weighted by Gasteiger charge is 2.49. The van der Waals surface area contributed by atoms with Gasteiger partial charge in [-0.1, -0.05) is 12.1 Å². The first kappa shape index (κ1) is 20.9. The van der Waals surface area contributed by atoms with Gasteiger partial charge in [-0.2, -0.15) is 0 Å². The molecule has 1 spiro atoms. The van der Waals surface area contributed by atoms with Gasteiger partial charge >= 0.3 is 5.97 Å². The average Bonchev–Trinajstić information content (AvgIpc) is 3.09. The number of carboxylic acid groups (broad SMARTS) is 1. The number of hydrogen-bond acceptors (Lipinski definition) is 5. The third-order valence-electron chi connectivity index (χ3n) is 7.45. The maximum absolute atomic E-state index is 12.4. The molecule has 2 fully saturated rings. The Morgan fingerprint density at radius 3 is 2.82 bits per heavy atom. The Kier molecular flexibility index (Phi) is 4.85. The number of hydrogen-bond donors (Lipinski definition) is 1. The summed E-state index contributed by atoms with van der Waals surface area (Å²) in [5.74, 6) is 0.161. The molecule has 3 aliphatic rings. The molecule has 1 saturated heterocycles. The number of thiophene rings is 1. The molecule has 170 valence electrons. The average molecular weight is 462 g/mol. The fraction of sp³-hybridized carbons (Fsp3) is 0.407. The first-order chi connectivity index (χ1) is 15.9. The zero-order chi connectivity index (χ0) is 22.7. The molecule has 0 amide bonds. The Balaban J connectivity index is 1.39. The van der Waals surface area contributed by atoms with Crippen LogP contribution in [0.25, 0.3) is 27.6 Å². The highest BCUT2D eigenvalue weighted by atomic mass is 32.1. The van der Waals surface area contributed by atoms with Crippen LogP contribution in [0, 0.1) is 25.2 Å². The fourth-order valence-electron chi connectivity index (χ4n) is 5.64. The van der Waals surface area contributed by atoms with Gasteiger partial charge in [0.15, 0.2) is 0 Å². The van der Waals surface area contributed by atoms with E-state index >= 15 is 0 Å². The Hall–Kier alpha value is -2.70. The maximum atomic E-state index is 12.4. The minimum Gasteiger partial charge on any atom is -0.493 e. The lowest BCUT2D eigenvalue weighted by Gasteiger charge is -2.53. The summed E-state index contributed by atoms with van der Waals surface area (Å²) in [7, 11) is 0. The van der Waals surface area contributed by atoms with Crippen molar-refractivity contribution < 1.29 is 19.4 Å². The monoisotopic (exact) mass is 461 g/mol. The molecular formula is C27H27NO4S. The standard InChI is InChI=1S/C27H27NO4S/c1-15-7-8-21(32-12-17-10-27(11-17)13-31-14-27)23-19(26(29)30)9-20(28-24(15)23)25-16(2)18-5-3-4-6-22(18)33-25/h4,6-9,17H,3,5,10-14H2,1-2H3,(H,29,30). The summed E-state index contributed by atoms with van der Waals surface area (Å²) < 4.78 is 11.6. The summed E-state index contributed by atoms with van der Waals surface area (Å²) in [5, 5.41) is 10.7. The molecule has 0 unspecified atom stereocenters. The van der Waals surface area contributed by atoms with Crippen molar-refractivity contribution in [3.8, 4) is 16.3 Å². The first-order valence-corrected chi connectivity index (χ1v) is 12.4. The van der Waals surface area contributed by atoms with Crippen LogP contribution in [-0.4, -0.2) is 35.9 Å². The minimum absolute atomic E-state index is 0.257. The lowest BCUT2D eigenvalue weighted by atomic mass is 9.61. The minimum atomic E-state index is -0.952. The van der Waals surface area contributed by atoms with Crippen molar-refractivity contribution in [2.24, 2.45) is 11.3 Å². The molecule has 1 aromatic carbocycles. The number of allylic oxidation sites excluding steroid dienone is 1. The van der Waals surface area contributed by atoms with E-state index < -0.39 is 5.97 Å². The molecule has 1 aliphatic heterocycles. The Morgan fingerprint density at radius 1 is 1.30 bits per heavy atom. The van der Waals surface area contributed by atoms with Crippen LogP contribution in [0.1, 0.15) is 51.2 Å². The van der Waals surface area contributed by atoms with Crippen molar-refractivity contribution in [2.75, 3.05) is 19.8 Å². The number of carbonyl (C=O) groups is 1. The summed E-state index contributed by atoms with van der Waals surface area (Å²) in [6, 6.07) is 5.61. The third kappa shape index (κ3) is 3.39. The molecule has 0 radical (unpaired) electrons. The lowest BCUT2D eigenvalue weighted by molar-refractivity contribution is -0.182. The van der Waals surface area contributed by atoms with E-state index in [9.17, 15) is 9.90 Å². The number of nitrogens with zero attached hydrogens (tertiary/aromatic N) is 1. The van der Waals surface area contributed by atoms with Gasteiger partial charge in [-0.25, -0.2) is 9.78 Å². The fourth-order valence-corrected chi connectivity index (χ4v) is 6.89. The highest BCUT2D eigenvalue weighted by molar-refractivity contribution is 7.16. The van der Waals surface area contributed by atoms with E-state index in [-0.39, 0.29) is 5.56 Å². The van der Waals surface area contributed by atoms with Crippen LogP contribution in [0.3, 0.4) is 0 Å². The van der Waals surface area contributed by atoms with Crippen molar-refractivity contribution in [1.82, 2.24) is 4.98 Å². The molecule has 5 nitrogen and oxygen atoms in total. The smallest absolute Gasteiger partial charge is 0.336 e. The van der Waals surface area contributed by atoms with Gasteiger partial charge in [0, 0.05) is 10.3 Å². The van der Waals surface area contributed by atoms with Crippen molar-refractivity contribution in [3.63, 3.8) is 0 Å². The topological polar surface area (TPSA) is 68.7 Å². The van der Waals surface area contributed by atoms with Gasteiger partial charge in [0.1, 0.15) is 5.75 Å². The van der Waals surface area contributed by atoms with E-state index in [0.717, 1.165) is 55.0 Å². The molecule has 1 saturated carbocycles. The van der Waals surface area contributed by atoms with Gasteiger partial charge < -0.3 is 14.6 Å². The number of ether oxygens (including phenoxy) is 2. The summed E-state index contributed by atoms with van der Waals surface area (Å²) in [4.78, 5) is 19.7. The second kappa shape index (κ2) is 7.67. The van der Waals surface area contributed by atoms with Gasteiger partial charge in [-0.05, 0) is 80.3 Å². The number of aromatic nitrogens is 1. The Labute approximate surface area is 197 Å². The third-order valence-corrected chi connectivity index (χ3v) is 8.78. The lowest BCUT2D eigenvalue weighted by Crippen LogP contribution is -2.53. The molecule has 6 rings (SSSR count). The van der Waals surface area contributed by atoms with E-state index in [4.69, 9.17) is 14.5 Å². The number of aryl methyl sites for hydroxylation is 1. The van der Waals surface area contributed by atoms with Crippen LogP contribution < -0.4 is 4.74 Å². The van der Waals surface area contributed by atoms with Crippen LogP contribution in [0.15, 0.2) is 24.3 Å². The summed E-state index contributed by atoms with van der Waals surface area (Å²) >= 11 is 1.70. The zero-order valence-electron chi connectivity index (χ0n) is 18.9. The SMILES string of the molecule is Cc1c(-c2cc(C(=O)O)c3c(OCC4CC5(COC5)C4)ccc(C)c3n2)sc2c1CCC=C2. The summed E-state index contributed by atoms with van der Waals surface area (Å²) in [5.41, 5.74) is 5.62. The van der Waals surface area contributed by atoms with E-state index in [1.807, 2.05) is 19.1 Å². The first-order valence-electron chi connectivity index (χ1n) is 11.6. The molecule has 33 heavy (non-hydrogen) atoms. The largest absolute Gasteiger partial charge is 0.493 e. The van der Waals surface area contributed by atoms with Crippen LogP contribution >= 0.6 is 11.3 Å². The zero-order valence-corrected chi connectivity index (χ0v) is 19.8. The molecule has 0 bridgehead atoms. The molecular weight excluding hydrogens is 434 g/mol. The van der Waals surface area contributed by atoms with E-state index in [0.29, 0.717) is 34.6 Å². The second-order valence-corrected chi connectivity index (χ2v) is 10.9. The van der Waals surface area contributed by atoms with Crippen LogP contribution in [0.2, 0.25) is 0 Å². The van der Waals surface area contributed by atoms with Crippen LogP contribution in [0.5, 0.6) is 5.75 Å². The molecule has 1 N–H and O–H groups in total. The predicted octanol–water partition coefficient (Wildman–Crippen LogP) is 6.04. The van der Waals surface area contributed by atoms with E-state index in [2.05, 4.69) is 19.1 Å². The quantitative estimate of drug-likeness (QED) is 0.501. The molecule has 3 heterocycles. The Bertz CT molecular complexity index is 1310. The summed E-state index contributed by atoms with van der Waals surface area (Å²) in [6.45, 7) is 6.45. The second-order valence-electron chi connectivity index (χ2n) is 9.88. The van der Waals surface area contributed by atoms with Gasteiger partial charge in [0.25, 0.3) is 0 Å². The Morgan fingerprint density at radius 2 is 2.12 bits per heavy atom. The van der Waals surface area contributed by atoms with Crippen molar-refractivity contribution >= 4 is 34.3 Å². The van der Waals surface area contributed by atoms with E-state index in [1.54, 1.807) is 17.4 Å². The summed E-state index contributed by atoms with van der Waals surface area (Å²) in [6.07, 6.45) is 8.71. The van der Waals surface area contributed by atoms with Crippen molar-refractivity contribution in [3.05, 3.63) is 51.4 Å². The molecule has 3 aromatic rings. The number of pyridine rings is 1. The highest BCUT2D eigenvalue weighted by Crippen LogP contribution is 2.51. The van der Waals surface area contributed by atoms with Crippen LogP contribution in [-0.2, 0) is 11.2 Å². The molecule has 0 atom stereocenters. The van der Waals surface area contributed by atoms with Gasteiger partial charge in [-0.3, -0.25) is 0 Å². The number of aromatic carboxylic acids is 1. The number of rotatable bonds is 5. The molecule has 2 aliphatic carbocycles. The predicted molar refractivity (Wildman–Crippen MR) is 130 cm³/mol. The number of benzene rings is 1. The van der Waals surface area contributed by atoms with Gasteiger partial charge in [-0.15, -0.1) is 11.3 Å². The normalized spacial score (nSPS) is 18.7. The number of carboxylic acids is 1. The van der Waals surface area contributed by atoms with Crippen LogP contribution in [0.4, 0.5) is 0 Å².